The maximum absolute atomic E-state index is 13.2. The SMILES string of the molecule is O=C1CCC2CN(C(=O)Cc3cccc(F)c3)CCC2N1. The average Bonchev–Trinajstić information content (AvgIpc) is 2.46. The van der Waals surface area contributed by atoms with Gasteiger partial charge in [0.15, 0.2) is 0 Å². The molecular formula is C16H19FN2O2. The average molecular weight is 290 g/mol. The molecule has 21 heavy (non-hydrogen) atoms. The molecule has 3 rings (SSSR count). The minimum absolute atomic E-state index is 0.0379. The minimum atomic E-state index is -0.311. The van der Waals surface area contributed by atoms with Gasteiger partial charge in [-0.1, -0.05) is 12.1 Å². The van der Waals surface area contributed by atoms with Crippen molar-refractivity contribution in [2.45, 2.75) is 31.7 Å². The molecule has 0 saturated carbocycles. The number of hydrogen-bond donors (Lipinski definition) is 1. The lowest BCUT2D eigenvalue weighted by atomic mass is 9.85. The predicted octanol–water partition coefficient (Wildman–Crippen LogP) is 1.50. The highest BCUT2D eigenvalue weighted by atomic mass is 19.1. The molecule has 0 radical (unpaired) electrons. The normalized spacial score (nSPS) is 25.2. The van der Waals surface area contributed by atoms with Crippen molar-refractivity contribution in [2.24, 2.45) is 5.92 Å². The van der Waals surface area contributed by atoms with Crippen LogP contribution in [0.25, 0.3) is 0 Å². The van der Waals surface area contributed by atoms with Crippen molar-refractivity contribution < 1.29 is 14.0 Å². The van der Waals surface area contributed by atoms with Gasteiger partial charge in [0, 0.05) is 25.6 Å². The second-order valence-electron chi connectivity index (χ2n) is 5.91. The van der Waals surface area contributed by atoms with Crippen molar-refractivity contribution in [3.63, 3.8) is 0 Å². The maximum Gasteiger partial charge on any atom is 0.227 e. The maximum atomic E-state index is 13.2. The topological polar surface area (TPSA) is 49.4 Å². The second-order valence-corrected chi connectivity index (χ2v) is 5.91. The van der Waals surface area contributed by atoms with Gasteiger partial charge in [0.25, 0.3) is 0 Å². The number of fused-ring (bicyclic) bond motifs is 1. The van der Waals surface area contributed by atoms with Gasteiger partial charge in [0.2, 0.25) is 11.8 Å². The summed E-state index contributed by atoms with van der Waals surface area (Å²) in [6, 6.07) is 6.40. The third kappa shape index (κ3) is 3.23. The molecule has 2 aliphatic rings. The zero-order valence-electron chi connectivity index (χ0n) is 11.8. The van der Waals surface area contributed by atoms with Crippen LogP contribution in [-0.4, -0.2) is 35.8 Å². The standard InChI is InChI=1S/C16H19FN2O2/c17-13-3-1-2-11(8-13)9-16(21)19-7-6-14-12(10-19)4-5-15(20)18-14/h1-3,8,12,14H,4-7,9-10H2,(H,18,20). The highest BCUT2D eigenvalue weighted by Gasteiger charge is 2.35. The molecule has 1 N–H and O–H groups in total. The summed E-state index contributed by atoms with van der Waals surface area (Å²) in [5.41, 5.74) is 0.707. The van der Waals surface area contributed by atoms with Crippen molar-refractivity contribution in [3.05, 3.63) is 35.6 Å². The molecule has 0 aromatic heterocycles. The molecule has 2 atom stereocenters. The molecular weight excluding hydrogens is 271 g/mol. The van der Waals surface area contributed by atoms with E-state index in [1.165, 1.54) is 12.1 Å². The lowest BCUT2D eigenvalue weighted by molar-refractivity contribution is -0.134. The Morgan fingerprint density at radius 3 is 3.05 bits per heavy atom. The van der Waals surface area contributed by atoms with Gasteiger partial charge in [-0.3, -0.25) is 9.59 Å². The highest BCUT2D eigenvalue weighted by Crippen LogP contribution is 2.25. The van der Waals surface area contributed by atoms with E-state index >= 15 is 0 Å². The lowest BCUT2D eigenvalue weighted by Gasteiger charge is -2.41. The smallest absolute Gasteiger partial charge is 0.227 e. The van der Waals surface area contributed by atoms with Crippen LogP contribution < -0.4 is 5.32 Å². The molecule has 2 saturated heterocycles. The summed E-state index contributed by atoms with van der Waals surface area (Å²) in [5.74, 6) is 0.202. The van der Waals surface area contributed by atoms with Crippen LogP contribution in [0.4, 0.5) is 4.39 Å². The zero-order valence-corrected chi connectivity index (χ0v) is 11.8. The first-order valence-corrected chi connectivity index (χ1v) is 7.43. The van der Waals surface area contributed by atoms with E-state index in [0.29, 0.717) is 31.0 Å². The van der Waals surface area contributed by atoms with Gasteiger partial charge >= 0.3 is 0 Å². The number of benzene rings is 1. The molecule has 0 bridgehead atoms. The van der Waals surface area contributed by atoms with E-state index in [1.54, 1.807) is 12.1 Å². The van der Waals surface area contributed by atoms with Crippen molar-refractivity contribution in [1.82, 2.24) is 10.2 Å². The second kappa shape index (κ2) is 5.84. The number of piperidine rings is 2. The monoisotopic (exact) mass is 290 g/mol. The summed E-state index contributed by atoms with van der Waals surface area (Å²) in [6.45, 7) is 1.36. The Balaban J connectivity index is 1.60. The molecule has 2 amide bonds. The summed E-state index contributed by atoms with van der Waals surface area (Å²) in [6.07, 6.45) is 2.44. The molecule has 0 spiro atoms. The van der Waals surface area contributed by atoms with E-state index in [2.05, 4.69) is 5.32 Å². The van der Waals surface area contributed by atoms with Crippen LogP contribution in [0.3, 0.4) is 0 Å². The Kier molecular flexibility index (Phi) is 3.90. The molecule has 4 nitrogen and oxygen atoms in total. The van der Waals surface area contributed by atoms with Crippen LogP contribution in [0.1, 0.15) is 24.8 Å². The predicted molar refractivity (Wildman–Crippen MR) is 76.0 cm³/mol. The van der Waals surface area contributed by atoms with E-state index in [0.717, 1.165) is 12.8 Å². The number of hydrogen-bond acceptors (Lipinski definition) is 2. The third-order valence-electron chi connectivity index (χ3n) is 4.42. The van der Waals surface area contributed by atoms with Crippen LogP contribution in [0.15, 0.2) is 24.3 Å². The zero-order chi connectivity index (χ0) is 14.8. The fraction of sp³-hybridized carbons (Fsp3) is 0.500. The molecule has 112 valence electrons. The Labute approximate surface area is 123 Å². The summed E-state index contributed by atoms with van der Waals surface area (Å²) in [5, 5.41) is 3.01. The first-order valence-electron chi connectivity index (χ1n) is 7.43. The lowest BCUT2D eigenvalue weighted by Crippen LogP contribution is -2.55. The van der Waals surface area contributed by atoms with Gasteiger partial charge in [-0.2, -0.15) is 0 Å². The third-order valence-corrected chi connectivity index (χ3v) is 4.42. The molecule has 2 heterocycles. The largest absolute Gasteiger partial charge is 0.353 e. The van der Waals surface area contributed by atoms with Gasteiger partial charge in [-0.25, -0.2) is 4.39 Å². The molecule has 5 heteroatoms. The fourth-order valence-electron chi connectivity index (χ4n) is 3.27. The van der Waals surface area contributed by atoms with E-state index in [-0.39, 0.29) is 30.1 Å². The number of nitrogens with one attached hydrogen (secondary N) is 1. The van der Waals surface area contributed by atoms with Crippen LogP contribution in [0, 0.1) is 11.7 Å². The van der Waals surface area contributed by atoms with Crippen LogP contribution in [-0.2, 0) is 16.0 Å². The van der Waals surface area contributed by atoms with Gasteiger partial charge in [-0.15, -0.1) is 0 Å². The Hall–Kier alpha value is -1.91. The number of halogens is 1. The summed E-state index contributed by atoms with van der Waals surface area (Å²) >= 11 is 0. The molecule has 1 aromatic carbocycles. The summed E-state index contributed by atoms with van der Waals surface area (Å²) < 4.78 is 13.2. The van der Waals surface area contributed by atoms with Crippen molar-refractivity contribution in [2.75, 3.05) is 13.1 Å². The number of amides is 2. The first-order chi connectivity index (χ1) is 10.1. The number of carbonyl (C=O) groups excluding carboxylic acids is 2. The van der Waals surface area contributed by atoms with Gasteiger partial charge in [0.1, 0.15) is 5.82 Å². The Bertz CT molecular complexity index is 561. The van der Waals surface area contributed by atoms with Gasteiger partial charge < -0.3 is 10.2 Å². The molecule has 2 fully saturated rings. The van der Waals surface area contributed by atoms with E-state index in [1.807, 2.05) is 4.90 Å². The Morgan fingerprint density at radius 2 is 2.24 bits per heavy atom. The number of nitrogens with zero attached hydrogens (tertiary/aromatic N) is 1. The summed E-state index contributed by atoms with van der Waals surface area (Å²) in [7, 11) is 0. The number of carbonyl (C=O) groups is 2. The van der Waals surface area contributed by atoms with E-state index in [4.69, 9.17) is 0 Å². The molecule has 1 aromatic rings. The van der Waals surface area contributed by atoms with Crippen molar-refractivity contribution >= 4 is 11.8 Å². The van der Waals surface area contributed by atoms with Crippen molar-refractivity contribution in [1.29, 1.82) is 0 Å². The van der Waals surface area contributed by atoms with E-state index < -0.39 is 0 Å². The molecule has 0 aliphatic carbocycles. The Morgan fingerprint density at radius 1 is 1.38 bits per heavy atom. The van der Waals surface area contributed by atoms with Crippen LogP contribution >= 0.6 is 0 Å². The van der Waals surface area contributed by atoms with E-state index in [9.17, 15) is 14.0 Å². The summed E-state index contributed by atoms with van der Waals surface area (Å²) in [4.78, 5) is 25.6. The van der Waals surface area contributed by atoms with Crippen LogP contribution in [0.2, 0.25) is 0 Å². The molecule has 2 unspecified atom stereocenters. The highest BCUT2D eigenvalue weighted by molar-refractivity contribution is 5.79. The number of rotatable bonds is 2. The fourth-order valence-corrected chi connectivity index (χ4v) is 3.27. The van der Waals surface area contributed by atoms with Crippen LogP contribution in [0.5, 0.6) is 0 Å². The quantitative estimate of drug-likeness (QED) is 0.897. The first kappa shape index (κ1) is 14.0. The van der Waals surface area contributed by atoms with Gasteiger partial charge in [-0.05, 0) is 36.5 Å². The van der Waals surface area contributed by atoms with Gasteiger partial charge in [0.05, 0.1) is 6.42 Å². The van der Waals surface area contributed by atoms with Crippen molar-refractivity contribution in [3.8, 4) is 0 Å². The minimum Gasteiger partial charge on any atom is -0.353 e. The number of likely N-dealkylation sites (tertiary alicyclic amines) is 1. The molecule has 2 aliphatic heterocycles.